The van der Waals surface area contributed by atoms with Gasteiger partial charge in [-0.15, -0.1) is 0 Å². The summed E-state index contributed by atoms with van der Waals surface area (Å²) in [5, 5.41) is 2.25. The number of nitrogens with zero attached hydrogens (tertiary/aromatic N) is 4. The number of fused-ring (bicyclic) bond motifs is 1. The number of hydrogen-bond donors (Lipinski definition) is 0. The van der Waals surface area contributed by atoms with Crippen molar-refractivity contribution in [1.82, 2.24) is 18.4 Å². The minimum atomic E-state index is -0.101. The molecule has 5 rings (SSSR count). The van der Waals surface area contributed by atoms with Crippen LogP contribution in [0.3, 0.4) is 0 Å². The fraction of sp³-hybridized carbons (Fsp3) is 0.167. The zero-order chi connectivity index (χ0) is 22.1. The second-order valence-corrected chi connectivity index (χ2v) is 8.95. The number of para-hydroxylation sites is 1. The normalized spacial score (nSPS) is 16.5. The molecule has 0 spiro atoms. The molecule has 6 nitrogen and oxygen atoms in total. The first-order valence-corrected chi connectivity index (χ1v) is 11.5. The van der Waals surface area contributed by atoms with Gasteiger partial charge in [0.25, 0.3) is 0 Å². The van der Waals surface area contributed by atoms with Gasteiger partial charge in [0.2, 0.25) is 0 Å². The van der Waals surface area contributed by atoms with Crippen molar-refractivity contribution >= 4 is 34.6 Å². The van der Waals surface area contributed by atoms with E-state index < -0.39 is 0 Å². The molecule has 2 aromatic carbocycles. The van der Waals surface area contributed by atoms with Crippen LogP contribution < -0.4 is 10.4 Å². The molecule has 1 aliphatic heterocycles. The molecule has 4 aromatic rings. The maximum absolute atomic E-state index is 13.6. The van der Waals surface area contributed by atoms with E-state index in [0.29, 0.717) is 22.2 Å². The lowest BCUT2D eigenvalue weighted by Crippen LogP contribution is -2.28. The third-order valence-electron chi connectivity index (χ3n) is 5.54. The van der Waals surface area contributed by atoms with Crippen molar-refractivity contribution in [3.8, 4) is 17.2 Å². The summed E-state index contributed by atoms with van der Waals surface area (Å²) in [4.78, 5) is 17.9. The van der Waals surface area contributed by atoms with E-state index in [1.165, 1.54) is 0 Å². The molecule has 0 bridgehead atoms. The Balaban J connectivity index is 1.55. The molecule has 1 unspecified atom stereocenters. The quantitative estimate of drug-likeness (QED) is 0.344. The Morgan fingerprint density at radius 2 is 2.00 bits per heavy atom. The number of aromatic nitrogens is 3. The van der Waals surface area contributed by atoms with Gasteiger partial charge >= 0.3 is 5.69 Å². The van der Waals surface area contributed by atoms with Crippen LogP contribution in [-0.2, 0) is 0 Å². The second-order valence-electron chi connectivity index (χ2n) is 7.48. The summed E-state index contributed by atoms with van der Waals surface area (Å²) in [6, 6.07) is 16.8. The van der Waals surface area contributed by atoms with Crippen LogP contribution >= 0.6 is 23.5 Å². The van der Waals surface area contributed by atoms with Crippen LogP contribution in [0.2, 0.25) is 5.02 Å². The molecule has 162 valence electrons. The van der Waals surface area contributed by atoms with Gasteiger partial charge in [-0.2, -0.15) is 0 Å². The smallest absolute Gasteiger partial charge is 0.334 e. The van der Waals surface area contributed by atoms with E-state index in [9.17, 15) is 4.79 Å². The predicted molar refractivity (Wildman–Crippen MR) is 130 cm³/mol. The van der Waals surface area contributed by atoms with Crippen molar-refractivity contribution in [2.45, 2.75) is 12.5 Å². The number of imidazole rings is 1. The average Bonchev–Trinajstić information content (AvgIpc) is 3.37. The maximum Gasteiger partial charge on any atom is 0.334 e. The van der Waals surface area contributed by atoms with E-state index >= 15 is 0 Å². The van der Waals surface area contributed by atoms with Gasteiger partial charge in [0.05, 0.1) is 34.0 Å². The molecule has 8 heteroatoms. The highest BCUT2D eigenvalue weighted by Gasteiger charge is 2.28. The first-order valence-electron chi connectivity index (χ1n) is 10.3. The fourth-order valence-electron chi connectivity index (χ4n) is 4.12. The van der Waals surface area contributed by atoms with Gasteiger partial charge in [0.15, 0.2) is 0 Å². The summed E-state index contributed by atoms with van der Waals surface area (Å²) in [5.41, 5.74) is 2.19. The standard InChI is InChI=1S/C24H21ClN4O2S/c1-2-32-27-13-11-18(16-27)29-21-10-12-26-15-22(21)28(24(29)30)17-8-9-23(20(25)14-17)31-19-6-4-3-5-7-19/h2-10,12,14-15,18H,1,11,13,16H2. The molecule has 0 saturated carbocycles. The van der Waals surface area contributed by atoms with E-state index in [1.54, 1.807) is 41.0 Å². The predicted octanol–water partition coefficient (Wildman–Crippen LogP) is 5.67. The molecule has 2 aromatic heterocycles. The summed E-state index contributed by atoms with van der Waals surface area (Å²) in [7, 11) is 0. The fourth-order valence-corrected chi connectivity index (χ4v) is 5.01. The Morgan fingerprint density at radius 1 is 1.16 bits per heavy atom. The van der Waals surface area contributed by atoms with Gasteiger partial charge in [-0.1, -0.05) is 48.3 Å². The molecule has 1 aliphatic rings. The number of halogens is 1. The van der Waals surface area contributed by atoms with Crippen LogP contribution in [0.5, 0.6) is 11.5 Å². The lowest BCUT2D eigenvalue weighted by molar-refractivity contribution is 0.482. The molecule has 0 N–H and O–H groups in total. The summed E-state index contributed by atoms with van der Waals surface area (Å²) < 4.78 is 11.7. The van der Waals surface area contributed by atoms with Crippen LogP contribution in [0.4, 0.5) is 0 Å². The zero-order valence-electron chi connectivity index (χ0n) is 17.2. The van der Waals surface area contributed by atoms with Crippen molar-refractivity contribution in [3.05, 3.63) is 94.5 Å². The molecule has 1 saturated heterocycles. The SMILES string of the molecule is C=CSN1CCC(n2c(=O)n(-c3ccc(Oc4ccccc4)c(Cl)c3)c3cnccc32)C1. The number of pyridine rings is 1. The first-order chi connectivity index (χ1) is 15.7. The van der Waals surface area contributed by atoms with E-state index in [2.05, 4.69) is 15.9 Å². The van der Waals surface area contributed by atoms with Crippen LogP contribution in [0.15, 0.2) is 83.8 Å². The minimum absolute atomic E-state index is 0.0808. The summed E-state index contributed by atoms with van der Waals surface area (Å²) >= 11 is 8.13. The number of hydrogen-bond acceptors (Lipinski definition) is 5. The lowest BCUT2D eigenvalue weighted by atomic mass is 10.2. The molecule has 0 amide bonds. The third-order valence-corrected chi connectivity index (χ3v) is 6.61. The van der Waals surface area contributed by atoms with Crippen molar-refractivity contribution in [3.63, 3.8) is 0 Å². The lowest BCUT2D eigenvalue weighted by Gasteiger charge is -2.13. The summed E-state index contributed by atoms with van der Waals surface area (Å²) in [6.07, 6.45) is 4.34. The van der Waals surface area contributed by atoms with Gasteiger partial charge in [0.1, 0.15) is 11.5 Å². The van der Waals surface area contributed by atoms with Crippen molar-refractivity contribution in [2.75, 3.05) is 13.1 Å². The number of ether oxygens (including phenoxy) is 1. The van der Waals surface area contributed by atoms with Gasteiger partial charge in [-0.25, -0.2) is 9.10 Å². The molecule has 0 radical (unpaired) electrons. The number of benzene rings is 2. The molecular weight excluding hydrogens is 444 g/mol. The zero-order valence-corrected chi connectivity index (χ0v) is 18.8. The van der Waals surface area contributed by atoms with Crippen molar-refractivity contribution in [2.24, 2.45) is 0 Å². The van der Waals surface area contributed by atoms with Crippen LogP contribution in [0, 0.1) is 0 Å². The topological polar surface area (TPSA) is 52.3 Å². The molecule has 3 heterocycles. The monoisotopic (exact) mass is 464 g/mol. The minimum Gasteiger partial charge on any atom is -0.456 e. The highest BCUT2D eigenvalue weighted by atomic mass is 35.5. The molecule has 32 heavy (non-hydrogen) atoms. The molecule has 0 aliphatic carbocycles. The highest BCUT2D eigenvalue weighted by molar-refractivity contribution is 7.99. The van der Waals surface area contributed by atoms with Crippen LogP contribution in [0.1, 0.15) is 12.5 Å². The maximum atomic E-state index is 13.6. The van der Waals surface area contributed by atoms with Gasteiger partial charge in [0, 0.05) is 19.3 Å². The van der Waals surface area contributed by atoms with Gasteiger partial charge in [-0.05, 0) is 48.2 Å². The molecule has 1 atom stereocenters. The largest absolute Gasteiger partial charge is 0.456 e. The van der Waals surface area contributed by atoms with E-state index in [-0.39, 0.29) is 11.7 Å². The molecule has 1 fully saturated rings. The summed E-state index contributed by atoms with van der Waals surface area (Å²) in [5.74, 6) is 1.23. The first kappa shape index (κ1) is 20.9. The van der Waals surface area contributed by atoms with E-state index in [4.69, 9.17) is 16.3 Å². The Hall–Kier alpha value is -3.00. The summed E-state index contributed by atoms with van der Waals surface area (Å²) in [6.45, 7) is 5.48. The Morgan fingerprint density at radius 3 is 2.78 bits per heavy atom. The van der Waals surface area contributed by atoms with Crippen LogP contribution in [-0.4, -0.2) is 31.5 Å². The van der Waals surface area contributed by atoms with E-state index in [0.717, 1.165) is 30.5 Å². The number of rotatable bonds is 6. The Bertz CT molecular complexity index is 1340. The highest BCUT2D eigenvalue weighted by Crippen LogP contribution is 2.33. The van der Waals surface area contributed by atoms with Gasteiger partial charge in [-0.3, -0.25) is 14.1 Å². The average molecular weight is 465 g/mol. The third kappa shape index (κ3) is 3.83. The van der Waals surface area contributed by atoms with Crippen LogP contribution in [0.25, 0.3) is 16.7 Å². The molecular formula is C24H21ClN4O2S. The van der Waals surface area contributed by atoms with Crippen molar-refractivity contribution in [1.29, 1.82) is 0 Å². The Kier molecular flexibility index (Phi) is 5.78. The van der Waals surface area contributed by atoms with Gasteiger partial charge < -0.3 is 4.74 Å². The van der Waals surface area contributed by atoms with Crippen molar-refractivity contribution < 1.29 is 4.74 Å². The van der Waals surface area contributed by atoms with E-state index in [1.807, 2.05) is 52.4 Å². The Labute approximate surface area is 194 Å². The second kappa shape index (κ2) is 8.86.